The lowest BCUT2D eigenvalue weighted by molar-refractivity contribution is 0.112. The number of carbonyl (C=O) groups is 1. The van der Waals surface area contributed by atoms with Crippen LogP contribution in [0.15, 0.2) is 30.3 Å². The average molecular weight is 234 g/mol. The van der Waals surface area contributed by atoms with Gasteiger partial charge in [0.05, 0.1) is 6.04 Å². The van der Waals surface area contributed by atoms with Crippen LogP contribution in [-0.2, 0) is 0 Å². The smallest absolute Gasteiger partial charge is 0.410 e. The molecule has 1 aromatic carbocycles. The number of rotatable bonds is 4. The highest BCUT2D eigenvalue weighted by Gasteiger charge is 2.29. The minimum Gasteiger partial charge on any atom is -0.410 e. The van der Waals surface area contributed by atoms with Gasteiger partial charge >= 0.3 is 6.09 Å². The molecule has 1 amide bonds. The van der Waals surface area contributed by atoms with Gasteiger partial charge in [0.25, 0.3) is 0 Å². The zero-order valence-corrected chi connectivity index (χ0v) is 10.1. The van der Waals surface area contributed by atoms with Crippen LogP contribution in [0.3, 0.4) is 0 Å². The van der Waals surface area contributed by atoms with Gasteiger partial charge in [-0.25, -0.2) is 4.79 Å². The third-order valence-corrected chi connectivity index (χ3v) is 2.85. The molecule has 1 fully saturated rings. The van der Waals surface area contributed by atoms with E-state index in [0.717, 1.165) is 26.1 Å². The fourth-order valence-corrected chi connectivity index (χ4v) is 1.81. The molecule has 17 heavy (non-hydrogen) atoms. The fourth-order valence-electron chi connectivity index (χ4n) is 1.81. The number of amides is 1. The van der Waals surface area contributed by atoms with Gasteiger partial charge in [0.15, 0.2) is 0 Å². The number of para-hydroxylation sites is 1. The molecule has 0 atom stereocenters. The van der Waals surface area contributed by atoms with Crippen LogP contribution >= 0.6 is 0 Å². The van der Waals surface area contributed by atoms with Crippen LogP contribution in [0, 0.1) is 0 Å². The quantitative estimate of drug-likeness (QED) is 0.864. The maximum Gasteiger partial charge on any atom is 0.415 e. The molecule has 0 spiro atoms. The molecule has 92 valence electrons. The monoisotopic (exact) mass is 234 g/mol. The molecule has 1 aromatic rings. The summed E-state index contributed by atoms with van der Waals surface area (Å²) in [5, 5.41) is 3.17. The van der Waals surface area contributed by atoms with E-state index in [1.54, 1.807) is 12.1 Å². The van der Waals surface area contributed by atoms with Crippen molar-refractivity contribution in [2.75, 3.05) is 19.6 Å². The first-order chi connectivity index (χ1) is 8.31. The van der Waals surface area contributed by atoms with Gasteiger partial charge in [0.1, 0.15) is 5.75 Å². The Hall–Kier alpha value is -1.55. The van der Waals surface area contributed by atoms with Crippen LogP contribution in [0.2, 0.25) is 0 Å². The summed E-state index contributed by atoms with van der Waals surface area (Å²) in [6.45, 7) is 4.54. The molecule has 2 rings (SSSR count). The van der Waals surface area contributed by atoms with Crippen LogP contribution in [0.1, 0.15) is 13.3 Å². The summed E-state index contributed by atoms with van der Waals surface area (Å²) >= 11 is 0. The second-order valence-corrected chi connectivity index (χ2v) is 4.19. The van der Waals surface area contributed by atoms with Gasteiger partial charge in [-0.1, -0.05) is 25.1 Å². The minimum atomic E-state index is -0.246. The molecular weight excluding hydrogens is 216 g/mol. The van der Waals surface area contributed by atoms with Crippen LogP contribution in [0.4, 0.5) is 4.79 Å². The van der Waals surface area contributed by atoms with E-state index in [9.17, 15) is 4.79 Å². The second-order valence-electron chi connectivity index (χ2n) is 4.19. The van der Waals surface area contributed by atoms with Crippen molar-refractivity contribution < 1.29 is 9.53 Å². The van der Waals surface area contributed by atoms with Gasteiger partial charge in [0.2, 0.25) is 0 Å². The summed E-state index contributed by atoms with van der Waals surface area (Å²) in [6.07, 6.45) is 0.699. The molecule has 4 nitrogen and oxygen atoms in total. The summed E-state index contributed by atoms with van der Waals surface area (Å²) < 4.78 is 5.35. The first-order valence-electron chi connectivity index (χ1n) is 6.05. The van der Waals surface area contributed by atoms with Crippen LogP contribution in [-0.4, -0.2) is 36.7 Å². The molecule has 1 aliphatic rings. The molecule has 0 saturated carbocycles. The molecule has 1 N–H and O–H groups in total. The summed E-state index contributed by atoms with van der Waals surface area (Å²) in [4.78, 5) is 13.8. The third kappa shape index (κ3) is 2.97. The minimum absolute atomic E-state index is 0.246. The predicted molar refractivity (Wildman–Crippen MR) is 66.1 cm³/mol. The highest BCUT2D eigenvalue weighted by atomic mass is 16.6. The Labute approximate surface area is 102 Å². The van der Waals surface area contributed by atoms with Gasteiger partial charge < -0.3 is 15.0 Å². The standard InChI is InChI=1S/C13H18N2O2/c1-2-8-15(11-9-14-10-11)13(16)17-12-6-4-3-5-7-12/h3-7,11,14H,2,8-10H2,1H3. The zero-order chi connectivity index (χ0) is 12.1. The van der Waals surface area contributed by atoms with E-state index >= 15 is 0 Å². The van der Waals surface area contributed by atoms with Gasteiger partial charge in [0, 0.05) is 19.6 Å². The van der Waals surface area contributed by atoms with Crippen molar-refractivity contribution >= 4 is 6.09 Å². The number of hydrogen-bond donors (Lipinski definition) is 1. The number of nitrogens with zero attached hydrogens (tertiary/aromatic N) is 1. The molecule has 0 aliphatic carbocycles. The number of benzene rings is 1. The van der Waals surface area contributed by atoms with Gasteiger partial charge in [-0.2, -0.15) is 0 Å². The molecule has 0 radical (unpaired) electrons. The normalized spacial score (nSPS) is 15.1. The van der Waals surface area contributed by atoms with E-state index in [0.29, 0.717) is 5.75 Å². The van der Waals surface area contributed by atoms with Crippen molar-refractivity contribution in [2.24, 2.45) is 0 Å². The summed E-state index contributed by atoms with van der Waals surface area (Å²) in [5.74, 6) is 0.603. The van der Waals surface area contributed by atoms with E-state index in [1.807, 2.05) is 23.1 Å². The highest BCUT2D eigenvalue weighted by molar-refractivity contribution is 5.71. The molecule has 0 unspecified atom stereocenters. The fraction of sp³-hybridized carbons (Fsp3) is 0.462. The number of carbonyl (C=O) groups excluding carboxylic acids is 1. The number of nitrogens with one attached hydrogen (secondary N) is 1. The van der Waals surface area contributed by atoms with Crippen molar-refractivity contribution in [2.45, 2.75) is 19.4 Å². The van der Waals surface area contributed by atoms with Crippen molar-refractivity contribution in [1.82, 2.24) is 10.2 Å². The van der Waals surface area contributed by atoms with E-state index in [4.69, 9.17) is 4.74 Å². The maximum absolute atomic E-state index is 12.0. The van der Waals surface area contributed by atoms with Gasteiger partial charge in [-0.15, -0.1) is 0 Å². The molecule has 0 aromatic heterocycles. The van der Waals surface area contributed by atoms with Crippen LogP contribution < -0.4 is 10.1 Å². The zero-order valence-electron chi connectivity index (χ0n) is 10.1. The van der Waals surface area contributed by atoms with Crippen molar-refractivity contribution in [3.63, 3.8) is 0 Å². The molecular formula is C13H18N2O2. The highest BCUT2D eigenvalue weighted by Crippen LogP contribution is 2.13. The molecule has 1 aliphatic heterocycles. The summed E-state index contributed by atoms with van der Waals surface area (Å²) in [5.41, 5.74) is 0. The predicted octanol–water partition coefficient (Wildman–Crippen LogP) is 1.87. The van der Waals surface area contributed by atoms with Gasteiger partial charge in [-0.05, 0) is 18.6 Å². The van der Waals surface area contributed by atoms with Crippen molar-refractivity contribution in [3.05, 3.63) is 30.3 Å². The number of ether oxygens (including phenoxy) is 1. The molecule has 0 bridgehead atoms. The van der Waals surface area contributed by atoms with Crippen LogP contribution in [0.5, 0.6) is 5.75 Å². The van der Waals surface area contributed by atoms with E-state index < -0.39 is 0 Å². The Morgan fingerprint density at radius 2 is 2.12 bits per heavy atom. The Balaban J connectivity index is 1.96. The molecule has 1 saturated heterocycles. The lowest BCUT2D eigenvalue weighted by atomic mass is 10.1. The third-order valence-electron chi connectivity index (χ3n) is 2.85. The first-order valence-corrected chi connectivity index (χ1v) is 6.05. The average Bonchev–Trinajstić information content (AvgIpc) is 2.27. The summed E-state index contributed by atoms with van der Waals surface area (Å²) in [6, 6.07) is 9.49. The largest absolute Gasteiger partial charge is 0.415 e. The lowest BCUT2D eigenvalue weighted by Crippen LogP contribution is -2.59. The molecule has 4 heteroatoms. The lowest BCUT2D eigenvalue weighted by Gasteiger charge is -2.37. The molecule has 1 heterocycles. The van der Waals surface area contributed by atoms with E-state index in [1.165, 1.54) is 0 Å². The van der Waals surface area contributed by atoms with E-state index in [2.05, 4.69) is 12.2 Å². The Kier molecular flexibility index (Phi) is 3.98. The first kappa shape index (κ1) is 11.9. The number of hydrogen-bond acceptors (Lipinski definition) is 3. The Morgan fingerprint density at radius 3 is 2.65 bits per heavy atom. The Bertz CT molecular complexity index is 363. The van der Waals surface area contributed by atoms with E-state index in [-0.39, 0.29) is 12.1 Å². The Morgan fingerprint density at radius 1 is 1.41 bits per heavy atom. The second kappa shape index (κ2) is 5.68. The van der Waals surface area contributed by atoms with Crippen molar-refractivity contribution in [1.29, 1.82) is 0 Å². The topological polar surface area (TPSA) is 41.6 Å². The van der Waals surface area contributed by atoms with Crippen LogP contribution in [0.25, 0.3) is 0 Å². The summed E-state index contributed by atoms with van der Waals surface area (Å²) in [7, 11) is 0. The maximum atomic E-state index is 12.0. The van der Waals surface area contributed by atoms with Gasteiger partial charge in [-0.3, -0.25) is 0 Å². The van der Waals surface area contributed by atoms with Crippen molar-refractivity contribution in [3.8, 4) is 5.75 Å². The SMILES string of the molecule is CCCN(C(=O)Oc1ccccc1)C1CNC1.